The smallest absolute Gasteiger partial charge is 0.252 e. The van der Waals surface area contributed by atoms with Crippen molar-refractivity contribution in [2.24, 2.45) is 5.92 Å². The van der Waals surface area contributed by atoms with E-state index < -0.39 is 6.35 Å². The molecule has 30 heavy (non-hydrogen) atoms. The normalized spacial score (nSPS) is 21.4. The third kappa shape index (κ3) is 4.25. The van der Waals surface area contributed by atoms with E-state index in [2.05, 4.69) is 22.8 Å². The molecule has 6 heteroatoms. The van der Waals surface area contributed by atoms with Crippen molar-refractivity contribution in [2.75, 3.05) is 0 Å². The minimum atomic E-state index is -1.08. The van der Waals surface area contributed by atoms with Crippen LogP contribution in [-0.4, -0.2) is 17.4 Å². The first kappa shape index (κ1) is 20.2. The van der Waals surface area contributed by atoms with Crippen molar-refractivity contribution >= 4 is 23.1 Å². The van der Waals surface area contributed by atoms with Gasteiger partial charge in [0, 0.05) is 28.6 Å². The molecule has 4 rings (SSSR count). The Morgan fingerprint density at radius 2 is 1.97 bits per heavy atom. The van der Waals surface area contributed by atoms with Gasteiger partial charge in [-0.3, -0.25) is 4.79 Å². The SMILES string of the molecule is N#Cc1ccc(C2=CCC(C3=C(Cc4ccccc4)C(=O)NC(O)N3)CC2)c(Cl)c1. The Hall–Kier alpha value is -3.07. The number of aliphatic hydroxyl groups excluding tert-OH is 1. The molecule has 2 aromatic rings. The van der Waals surface area contributed by atoms with Crippen molar-refractivity contribution in [3.05, 3.63) is 87.6 Å². The van der Waals surface area contributed by atoms with Gasteiger partial charge in [0.25, 0.3) is 5.91 Å². The zero-order valence-electron chi connectivity index (χ0n) is 16.4. The second kappa shape index (κ2) is 8.74. The molecule has 1 aliphatic carbocycles. The summed E-state index contributed by atoms with van der Waals surface area (Å²) in [6.07, 6.45) is 3.96. The van der Waals surface area contributed by atoms with E-state index in [0.717, 1.165) is 41.7 Å². The van der Waals surface area contributed by atoms with Crippen molar-refractivity contribution < 1.29 is 9.90 Å². The number of carbonyl (C=O) groups is 1. The lowest BCUT2D eigenvalue weighted by atomic mass is 9.82. The van der Waals surface area contributed by atoms with Crippen molar-refractivity contribution in [3.8, 4) is 6.07 Å². The number of nitriles is 1. The maximum atomic E-state index is 12.6. The first-order valence-electron chi connectivity index (χ1n) is 9.96. The Bertz CT molecular complexity index is 1070. The van der Waals surface area contributed by atoms with Crippen LogP contribution in [-0.2, 0) is 11.2 Å². The van der Waals surface area contributed by atoms with E-state index in [1.54, 1.807) is 12.1 Å². The van der Waals surface area contributed by atoms with E-state index in [1.807, 2.05) is 36.4 Å². The van der Waals surface area contributed by atoms with E-state index in [-0.39, 0.29) is 11.8 Å². The van der Waals surface area contributed by atoms with Crippen molar-refractivity contribution in [1.29, 1.82) is 5.26 Å². The highest BCUT2D eigenvalue weighted by Gasteiger charge is 2.30. The summed E-state index contributed by atoms with van der Waals surface area (Å²) in [4.78, 5) is 12.6. The van der Waals surface area contributed by atoms with E-state index >= 15 is 0 Å². The summed E-state index contributed by atoms with van der Waals surface area (Å²) in [7, 11) is 0. The Balaban J connectivity index is 1.60. The zero-order chi connectivity index (χ0) is 21.1. The van der Waals surface area contributed by atoms with E-state index in [1.165, 1.54) is 0 Å². The zero-order valence-corrected chi connectivity index (χ0v) is 17.1. The molecule has 1 aliphatic heterocycles. The fourth-order valence-electron chi connectivity index (χ4n) is 4.13. The molecule has 2 aromatic carbocycles. The summed E-state index contributed by atoms with van der Waals surface area (Å²) in [5.41, 5.74) is 5.17. The molecule has 0 fully saturated rings. The molecule has 0 aromatic heterocycles. The fourth-order valence-corrected chi connectivity index (χ4v) is 4.43. The summed E-state index contributed by atoms with van der Waals surface area (Å²) >= 11 is 6.38. The molecular formula is C24H22ClN3O2. The van der Waals surface area contributed by atoms with Crippen LogP contribution >= 0.6 is 11.6 Å². The third-order valence-corrected chi connectivity index (χ3v) is 5.96. The van der Waals surface area contributed by atoms with Crippen LogP contribution in [0.5, 0.6) is 0 Å². The minimum Gasteiger partial charge on any atom is -0.356 e. The number of allylic oxidation sites excluding steroid dienone is 3. The lowest BCUT2D eigenvalue weighted by molar-refractivity contribution is -0.122. The second-order valence-corrected chi connectivity index (χ2v) is 7.99. The maximum Gasteiger partial charge on any atom is 0.252 e. The minimum absolute atomic E-state index is 0.116. The Morgan fingerprint density at radius 1 is 1.17 bits per heavy atom. The highest BCUT2D eigenvalue weighted by molar-refractivity contribution is 6.32. The highest BCUT2D eigenvalue weighted by Crippen LogP contribution is 2.37. The topological polar surface area (TPSA) is 85.2 Å². The van der Waals surface area contributed by atoms with Crippen LogP contribution < -0.4 is 10.6 Å². The molecule has 0 saturated heterocycles. The summed E-state index contributed by atoms with van der Waals surface area (Å²) in [5.74, 6) is -0.115. The van der Waals surface area contributed by atoms with Crippen LogP contribution in [0.1, 0.15) is 36.0 Å². The average molecular weight is 420 g/mol. The first-order valence-corrected chi connectivity index (χ1v) is 10.3. The van der Waals surface area contributed by atoms with Gasteiger partial charge in [0.2, 0.25) is 6.35 Å². The second-order valence-electron chi connectivity index (χ2n) is 7.58. The number of rotatable bonds is 4. The molecule has 0 bridgehead atoms. The molecule has 1 heterocycles. The van der Waals surface area contributed by atoms with Crippen LogP contribution in [0.25, 0.3) is 5.57 Å². The van der Waals surface area contributed by atoms with Gasteiger partial charge < -0.3 is 15.7 Å². The molecule has 0 saturated carbocycles. The number of aliphatic hydroxyl groups is 1. The number of hydrogen-bond donors (Lipinski definition) is 3. The molecule has 1 amide bonds. The lowest BCUT2D eigenvalue weighted by Crippen LogP contribution is -2.52. The summed E-state index contributed by atoms with van der Waals surface area (Å²) in [5, 5.41) is 25.3. The largest absolute Gasteiger partial charge is 0.356 e. The number of hydrogen-bond acceptors (Lipinski definition) is 4. The number of halogens is 1. The quantitative estimate of drug-likeness (QED) is 0.701. The first-order chi connectivity index (χ1) is 14.5. The van der Waals surface area contributed by atoms with Gasteiger partial charge in [-0.2, -0.15) is 5.26 Å². The lowest BCUT2D eigenvalue weighted by Gasteiger charge is -2.33. The van der Waals surface area contributed by atoms with Gasteiger partial charge in [-0.15, -0.1) is 0 Å². The molecule has 3 N–H and O–H groups in total. The van der Waals surface area contributed by atoms with Gasteiger partial charge >= 0.3 is 0 Å². The Labute approximate surface area is 180 Å². The number of nitrogens with zero attached hydrogens (tertiary/aromatic N) is 1. The summed E-state index contributed by atoms with van der Waals surface area (Å²) < 4.78 is 0. The predicted octanol–water partition coefficient (Wildman–Crippen LogP) is 3.89. The van der Waals surface area contributed by atoms with Gasteiger partial charge in [0.05, 0.1) is 11.6 Å². The van der Waals surface area contributed by atoms with E-state index in [4.69, 9.17) is 16.9 Å². The molecule has 2 unspecified atom stereocenters. The van der Waals surface area contributed by atoms with Gasteiger partial charge in [-0.1, -0.05) is 54.1 Å². The van der Waals surface area contributed by atoms with Crippen molar-refractivity contribution in [1.82, 2.24) is 10.6 Å². The Morgan fingerprint density at radius 3 is 2.63 bits per heavy atom. The molecule has 0 spiro atoms. The Kier molecular flexibility index (Phi) is 5.89. The van der Waals surface area contributed by atoms with Crippen molar-refractivity contribution in [3.63, 3.8) is 0 Å². The predicted molar refractivity (Wildman–Crippen MR) is 116 cm³/mol. The van der Waals surface area contributed by atoms with Crippen LogP contribution in [0.4, 0.5) is 0 Å². The van der Waals surface area contributed by atoms with Crippen LogP contribution in [0, 0.1) is 17.2 Å². The monoisotopic (exact) mass is 419 g/mol. The van der Waals surface area contributed by atoms with Crippen molar-refractivity contribution in [2.45, 2.75) is 32.0 Å². The molecular weight excluding hydrogens is 398 g/mol. The molecule has 2 aliphatic rings. The molecule has 2 atom stereocenters. The highest BCUT2D eigenvalue weighted by atomic mass is 35.5. The number of amides is 1. The molecule has 152 valence electrons. The van der Waals surface area contributed by atoms with Crippen LogP contribution in [0.2, 0.25) is 5.02 Å². The van der Waals surface area contributed by atoms with E-state index in [0.29, 0.717) is 22.6 Å². The van der Waals surface area contributed by atoms with Crippen LogP contribution in [0.15, 0.2) is 65.9 Å². The number of benzene rings is 2. The summed E-state index contributed by atoms with van der Waals surface area (Å²) in [6, 6.07) is 17.3. The fraction of sp³-hybridized carbons (Fsp3) is 0.250. The third-order valence-electron chi connectivity index (χ3n) is 5.65. The standard InChI is InChI=1S/C24H22ClN3O2/c25-21-13-16(14-26)6-11-19(21)17-7-9-18(10-8-17)22-20(23(29)28-24(30)27-22)12-15-4-2-1-3-5-15/h1-7,11,13,18,24,27,30H,8-10,12H2,(H,28,29). The van der Waals surface area contributed by atoms with Gasteiger partial charge in [0.1, 0.15) is 0 Å². The number of nitrogens with one attached hydrogen (secondary N) is 2. The van der Waals surface area contributed by atoms with Gasteiger partial charge in [-0.25, -0.2) is 0 Å². The number of carbonyl (C=O) groups excluding carboxylic acids is 1. The maximum absolute atomic E-state index is 12.6. The van der Waals surface area contributed by atoms with Gasteiger partial charge in [-0.05, 0) is 48.1 Å². The molecule has 5 nitrogen and oxygen atoms in total. The summed E-state index contributed by atoms with van der Waals surface area (Å²) in [6.45, 7) is 0. The van der Waals surface area contributed by atoms with E-state index in [9.17, 15) is 9.90 Å². The average Bonchev–Trinajstić information content (AvgIpc) is 2.76. The van der Waals surface area contributed by atoms with Crippen LogP contribution in [0.3, 0.4) is 0 Å². The molecule has 0 radical (unpaired) electrons. The van der Waals surface area contributed by atoms with Gasteiger partial charge in [0.15, 0.2) is 0 Å².